The summed E-state index contributed by atoms with van der Waals surface area (Å²) in [4.78, 5) is 24.9. The van der Waals surface area contributed by atoms with Gasteiger partial charge in [0.2, 0.25) is 0 Å². The van der Waals surface area contributed by atoms with E-state index in [1.165, 1.54) is 0 Å². The number of nitrogens with one attached hydrogen (secondary N) is 1. The van der Waals surface area contributed by atoms with Gasteiger partial charge >= 0.3 is 18.3 Å². The number of rotatable bonds is 8. The molecular formula is C26H21F6NO4. The van der Waals surface area contributed by atoms with Gasteiger partial charge in [-0.15, -0.1) is 0 Å². The molecule has 5 nitrogen and oxygen atoms in total. The summed E-state index contributed by atoms with van der Waals surface area (Å²) in [5.74, 6) is -1.70. The number of ether oxygens (including phenoxy) is 2. The zero-order chi connectivity index (χ0) is 27.2. The Hall–Kier alpha value is -4.02. The monoisotopic (exact) mass is 525 g/mol. The smallest absolute Gasteiger partial charge is 0.416 e. The highest BCUT2D eigenvalue weighted by molar-refractivity contribution is 5.97. The minimum atomic E-state index is -5.12. The Morgan fingerprint density at radius 3 is 1.89 bits per heavy atom. The second-order valence-corrected chi connectivity index (χ2v) is 7.97. The molecule has 0 radical (unpaired) electrons. The number of esters is 1. The molecule has 11 heteroatoms. The summed E-state index contributed by atoms with van der Waals surface area (Å²) in [5.41, 5.74) is -2.71. The molecule has 0 fully saturated rings. The largest absolute Gasteiger partial charge is 0.489 e. The van der Waals surface area contributed by atoms with Gasteiger partial charge < -0.3 is 14.8 Å². The summed E-state index contributed by atoms with van der Waals surface area (Å²) in [5, 5.41) is 2.17. The number of carbonyl (C=O) groups is 2. The molecule has 1 amide bonds. The van der Waals surface area contributed by atoms with Crippen LogP contribution < -0.4 is 10.1 Å². The first kappa shape index (κ1) is 27.6. The summed E-state index contributed by atoms with van der Waals surface area (Å²) >= 11 is 0. The van der Waals surface area contributed by atoms with E-state index in [2.05, 4.69) is 10.1 Å². The van der Waals surface area contributed by atoms with E-state index in [9.17, 15) is 35.9 Å². The zero-order valence-electron chi connectivity index (χ0n) is 19.3. The maximum absolute atomic E-state index is 13.1. The van der Waals surface area contributed by atoms with Crippen molar-refractivity contribution in [3.05, 3.63) is 101 Å². The van der Waals surface area contributed by atoms with E-state index >= 15 is 0 Å². The van der Waals surface area contributed by atoms with Crippen molar-refractivity contribution in [2.24, 2.45) is 0 Å². The summed E-state index contributed by atoms with van der Waals surface area (Å²) in [6.45, 7) is 0.317. The third-order valence-electron chi connectivity index (χ3n) is 5.25. The predicted octanol–water partition coefficient (Wildman–Crippen LogP) is 5.82. The molecule has 0 aromatic heterocycles. The fraction of sp³-hybridized carbons (Fsp3) is 0.231. The third-order valence-corrected chi connectivity index (χ3v) is 5.25. The lowest BCUT2D eigenvalue weighted by Gasteiger charge is -2.18. The highest BCUT2D eigenvalue weighted by Crippen LogP contribution is 2.36. The molecule has 0 saturated carbocycles. The van der Waals surface area contributed by atoms with E-state index in [4.69, 9.17) is 4.74 Å². The highest BCUT2D eigenvalue weighted by atomic mass is 19.4. The summed E-state index contributed by atoms with van der Waals surface area (Å²) < 4.78 is 89.1. The minimum absolute atomic E-state index is 0.0873. The Balaban J connectivity index is 1.76. The van der Waals surface area contributed by atoms with Crippen molar-refractivity contribution in [3.8, 4) is 5.75 Å². The molecule has 0 saturated heterocycles. The lowest BCUT2D eigenvalue weighted by Crippen LogP contribution is -2.43. The fourth-order valence-electron chi connectivity index (χ4n) is 3.36. The number of halogens is 6. The molecule has 3 aromatic rings. The Morgan fingerprint density at radius 2 is 1.38 bits per heavy atom. The molecular weight excluding hydrogens is 504 g/mol. The lowest BCUT2D eigenvalue weighted by atomic mass is 10.0. The Kier molecular flexibility index (Phi) is 8.46. The van der Waals surface area contributed by atoms with Crippen LogP contribution in [0.4, 0.5) is 26.3 Å². The van der Waals surface area contributed by atoms with Crippen LogP contribution in [0.3, 0.4) is 0 Å². The van der Waals surface area contributed by atoms with Crippen molar-refractivity contribution in [1.82, 2.24) is 5.32 Å². The van der Waals surface area contributed by atoms with E-state index in [1.54, 1.807) is 24.3 Å². The molecule has 3 rings (SSSR count). The molecule has 3 aromatic carbocycles. The highest BCUT2D eigenvalue weighted by Gasteiger charge is 2.38. The second-order valence-electron chi connectivity index (χ2n) is 7.97. The first-order valence-electron chi connectivity index (χ1n) is 10.8. The molecule has 0 aliphatic carbocycles. The van der Waals surface area contributed by atoms with Gasteiger partial charge in [-0.3, -0.25) is 4.79 Å². The first-order valence-corrected chi connectivity index (χ1v) is 10.8. The predicted molar refractivity (Wildman–Crippen MR) is 121 cm³/mol. The molecule has 0 aliphatic rings. The molecule has 0 unspecified atom stereocenters. The molecule has 0 spiro atoms. The summed E-state index contributed by atoms with van der Waals surface area (Å²) in [7, 11) is 1.04. The van der Waals surface area contributed by atoms with Crippen LogP contribution in [0.2, 0.25) is 0 Å². The van der Waals surface area contributed by atoms with Crippen LogP contribution in [0.1, 0.15) is 32.6 Å². The van der Waals surface area contributed by atoms with Crippen LogP contribution in [0.5, 0.6) is 5.75 Å². The van der Waals surface area contributed by atoms with Crippen molar-refractivity contribution < 1.29 is 45.4 Å². The van der Waals surface area contributed by atoms with Crippen LogP contribution in [0.25, 0.3) is 0 Å². The SMILES string of the molecule is COC(=O)[C@H](Cc1ccc(OCc2ccccc2)cc1)NC(=O)c1cc(C(F)(F)F)cc(C(F)(F)F)c1. The number of hydrogen-bond acceptors (Lipinski definition) is 4. The van der Waals surface area contributed by atoms with E-state index in [-0.39, 0.29) is 24.6 Å². The fourth-order valence-corrected chi connectivity index (χ4v) is 3.36. The number of hydrogen-bond donors (Lipinski definition) is 1. The van der Waals surface area contributed by atoms with Crippen molar-refractivity contribution in [2.75, 3.05) is 7.11 Å². The van der Waals surface area contributed by atoms with Crippen LogP contribution in [0.15, 0.2) is 72.8 Å². The molecule has 0 heterocycles. The van der Waals surface area contributed by atoms with Gasteiger partial charge in [0.25, 0.3) is 5.91 Å². The van der Waals surface area contributed by atoms with Gasteiger partial charge in [0.1, 0.15) is 18.4 Å². The van der Waals surface area contributed by atoms with Crippen molar-refractivity contribution >= 4 is 11.9 Å². The van der Waals surface area contributed by atoms with E-state index < -0.39 is 47.0 Å². The number of amides is 1. The topological polar surface area (TPSA) is 64.6 Å². The van der Waals surface area contributed by atoms with E-state index in [0.29, 0.717) is 17.9 Å². The van der Waals surface area contributed by atoms with E-state index in [1.807, 2.05) is 30.3 Å². The Bertz CT molecular complexity index is 1190. The molecule has 196 valence electrons. The van der Waals surface area contributed by atoms with Crippen molar-refractivity contribution in [3.63, 3.8) is 0 Å². The van der Waals surface area contributed by atoms with Crippen LogP contribution in [0, 0.1) is 0 Å². The van der Waals surface area contributed by atoms with E-state index in [0.717, 1.165) is 12.7 Å². The van der Waals surface area contributed by atoms with Gasteiger partial charge in [-0.2, -0.15) is 26.3 Å². The van der Waals surface area contributed by atoms with Gasteiger partial charge in [0, 0.05) is 12.0 Å². The number of methoxy groups -OCH3 is 1. The number of carbonyl (C=O) groups excluding carboxylic acids is 2. The maximum atomic E-state index is 13.1. The molecule has 1 N–H and O–H groups in total. The summed E-state index contributed by atoms with van der Waals surface area (Å²) in [6.07, 6.45) is -10.4. The van der Waals surface area contributed by atoms with Crippen LogP contribution in [-0.2, 0) is 34.9 Å². The Labute approximate surface area is 208 Å². The standard InChI is InChI=1S/C26H21F6NO4/c1-36-24(35)22(11-16-7-9-21(10-8-16)37-15-17-5-3-2-4-6-17)33-23(34)18-12-19(25(27,28)29)14-20(13-18)26(30,31)32/h2-10,12-14,22H,11,15H2,1H3,(H,33,34)/t22-/m0/s1. The molecule has 37 heavy (non-hydrogen) atoms. The normalized spacial score (nSPS) is 12.5. The maximum Gasteiger partial charge on any atom is 0.416 e. The molecule has 0 bridgehead atoms. The summed E-state index contributed by atoms with van der Waals surface area (Å²) in [6, 6.07) is 15.0. The van der Waals surface area contributed by atoms with Gasteiger partial charge in [0.15, 0.2) is 0 Å². The van der Waals surface area contributed by atoms with Gasteiger partial charge in [-0.1, -0.05) is 42.5 Å². The third kappa shape index (κ3) is 7.73. The van der Waals surface area contributed by atoms with Crippen molar-refractivity contribution in [2.45, 2.75) is 31.4 Å². The molecule has 1 atom stereocenters. The van der Waals surface area contributed by atoms with Crippen LogP contribution >= 0.6 is 0 Å². The zero-order valence-corrected chi connectivity index (χ0v) is 19.3. The molecule has 0 aliphatic heterocycles. The van der Waals surface area contributed by atoms with Gasteiger partial charge in [0.05, 0.1) is 18.2 Å². The quantitative estimate of drug-likeness (QED) is 0.298. The average Bonchev–Trinajstić information content (AvgIpc) is 2.86. The average molecular weight is 525 g/mol. The lowest BCUT2D eigenvalue weighted by molar-refractivity contribution is -0.144. The minimum Gasteiger partial charge on any atom is -0.489 e. The Morgan fingerprint density at radius 1 is 0.811 bits per heavy atom. The second kappa shape index (κ2) is 11.4. The van der Waals surface area contributed by atoms with Crippen LogP contribution in [-0.4, -0.2) is 25.0 Å². The first-order chi connectivity index (χ1) is 17.4. The van der Waals surface area contributed by atoms with Gasteiger partial charge in [-0.25, -0.2) is 4.79 Å². The van der Waals surface area contributed by atoms with Gasteiger partial charge in [-0.05, 0) is 41.5 Å². The number of alkyl halides is 6. The number of benzene rings is 3. The van der Waals surface area contributed by atoms with Crippen molar-refractivity contribution in [1.29, 1.82) is 0 Å².